The number of aliphatic hydroxyl groups excluding tert-OH is 1. The number of anilines is 8. The molecular formula is C74H88N16O7. The Kier molecular flexibility index (Phi) is 16.8. The number of carbonyl (C=O) groups is 2. The van der Waals surface area contributed by atoms with Crippen LogP contribution in [0.2, 0.25) is 0 Å². The summed E-state index contributed by atoms with van der Waals surface area (Å²) in [5.41, 5.74) is 14.4. The van der Waals surface area contributed by atoms with Gasteiger partial charge in [-0.3, -0.25) is 33.9 Å². The summed E-state index contributed by atoms with van der Waals surface area (Å²) < 4.78 is 18.5. The minimum atomic E-state index is -0.316. The highest BCUT2D eigenvalue weighted by atomic mass is 16.5. The van der Waals surface area contributed by atoms with Gasteiger partial charge in [-0.05, 0) is 133 Å². The van der Waals surface area contributed by atoms with Crippen molar-refractivity contribution < 1.29 is 24.2 Å². The van der Waals surface area contributed by atoms with Crippen LogP contribution in [-0.2, 0) is 75.5 Å². The van der Waals surface area contributed by atoms with Crippen molar-refractivity contribution in [2.75, 3.05) is 109 Å². The van der Waals surface area contributed by atoms with Gasteiger partial charge in [0.1, 0.15) is 40.3 Å². The third-order valence-electron chi connectivity index (χ3n) is 21.4. The molecule has 0 spiro atoms. The summed E-state index contributed by atoms with van der Waals surface area (Å²) in [5, 5.41) is 17.2. The molecule has 2 atom stereocenters. The van der Waals surface area contributed by atoms with Gasteiger partial charge in [-0.15, -0.1) is 0 Å². The summed E-state index contributed by atoms with van der Waals surface area (Å²) >= 11 is 0. The van der Waals surface area contributed by atoms with Crippen LogP contribution < -0.4 is 41.4 Å². The maximum atomic E-state index is 13.9. The number of ether oxygens (including phenoxy) is 2. The van der Waals surface area contributed by atoms with Gasteiger partial charge >= 0.3 is 0 Å². The van der Waals surface area contributed by atoms with Crippen molar-refractivity contribution in [3.05, 3.63) is 164 Å². The predicted octanol–water partition coefficient (Wildman–Crippen LogP) is 7.83. The Bertz CT molecular complexity index is 4470. The lowest BCUT2D eigenvalue weighted by Crippen LogP contribution is -2.59. The van der Waals surface area contributed by atoms with E-state index in [0.29, 0.717) is 112 Å². The lowest BCUT2D eigenvalue weighted by molar-refractivity contribution is -0.0691. The summed E-state index contributed by atoms with van der Waals surface area (Å²) in [5.74, 6) is 2.15. The average molecular weight is 1310 g/mol. The molecule has 4 saturated heterocycles. The van der Waals surface area contributed by atoms with Crippen molar-refractivity contribution >= 4 is 58.2 Å². The number of aromatic nitrogens is 8. The topological polar surface area (TPSA) is 222 Å². The molecule has 0 bridgehead atoms. The van der Waals surface area contributed by atoms with Crippen LogP contribution in [0.15, 0.2) is 107 Å². The quantitative estimate of drug-likeness (QED) is 0.0883. The van der Waals surface area contributed by atoms with E-state index < -0.39 is 0 Å². The van der Waals surface area contributed by atoms with Crippen molar-refractivity contribution in [3.8, 4) is 22.3 Å². The Balaban J connectivity index is 0.000000159. The molecule has 6 aliphatic heterocycles. The van der Waals surface area contributed by atoms with Crippen molar-refractivity contribution in [1.82, 2.24) is 48.0 Å². The third kappa shape index (κ3) is 12.2. The molecule has 2 aliphatic carbocycles. The molecule has 0 aromatic carbocycles. The van der Waals surface area contributed by atoms with E-state index in [2.05, 4.69) is 113 Å². The Hall–Kier alpha value is -9.00. The molecule has 1 amide bonds. The zero-order valence-corrected chi connectivity index (χ0v) is 56.9. The molecule has 3 N–H and O–H groups in total. The monoisotopic (exact) mass is 1310 g/mol. The number of hydrogen-bond donors (Lipinski definition) is 3. The number of piperazine rings is 2. The maximum absolute atomic E-state index is 13.9. The number of pyridine rings is 6. The van der Waals surface area contributed by atoms with Crippen LogP contribution in [0.1, 0.15) is 96.2 Å². The molecule has 8 aliphatic rings. The molecule has 8 aromatic rings. The van der Waals surface area contributed by atoms with Crippen molar-refractivity contribution in [2.45, 2.75) is 118 Å². The number of hydrogen-bond acceptors (Lipinski definition) is 18. The average Bonchev–Trinajstić information content (AvgIpc) is 1.62. The van der Waals surface area contributed by atoms with Crippen LogP contribution in [0.5, 0.6) is 0 Å². The van der Waals surface area contributed by atoms with Crippen LogP contribution >= 0.6 is 0 Å². The summed E-state index contributed by atoms with van der Waals surface area (Å²) in [4.78, 5) is 85.5. The van der Waals surface area contributed by atoms with Crippen molar-refractivity contribution in [3.63, 3.8) is 0 Å². The highest BCUT2D eigenvalue weighted by Crippen LogP contribution is 2.43. The first-order valence-electron chi connectivity index (χ1n) is 34.3. The third-order valence-corrected chi connectivity index (χ3v) is 21.4. The highest BCUT2D eigenvalue weighted by molar-refractivity contribution is 6.06. The molecule has 8 aromatic heterocycles. The van der Waals surface area contributed by atoms with Crippen molar-refractivity contribution in [2.24, 2.45) is 24.9 Å². The summed E-state index contributed by atoms with van der Waals surface area (Å²) in [6.45, 7) is 26.0. The molecule has 23 nitrogen and oxygen atoms in total. The number of amides is 1. The van der Waals surface area contributed by atoms with E-state index in [9.17, 15) is 24.3 Å². The lowest BCUT2D eigenvalue weighted by atomic mass is 9.90. The number of carbonyl (C=O) groups excluding carboxylic acids is 2. The molecule has 0 saturated carbocycles. The SMILES string of the molecule is C[C@H]1CN(C2COC2)CCN1c1ccc(Nc2cc(-c3ccnc(N4CCn5c(cc6c5CC(C)(C)C6)C4)c3C=O)cn(C)c2=O)nc1.C[C@H]1CN(C2COC2)CCN1c1ccc(Nc2cc(-c3ccnc(N4CCn5c(cc6c5CC(C)(C)C6)C4=O)c3CO)cn(C)c2=O)nc1. The first-order valence-corrected chi connectivity index (χ1v) is 34.3. The summed E-state index contributed by atoms with van der Waals surface area (Å²) in [6.07, 6.45) is 15.7. The summed E-state index contributed by atoms with van der Waals surface area (Å²) in [7, 11) is 3.43. The molecule has 97 heavy (non-hydrogen) atoms. The van der Waals surface area contributed by atoms with E-state index >= 15 is 0 Å². The molecular weight excluding hydrogens is 1220 g/mol. The Morgan fingerprint density at radius 2 is 1.12 bits per heavy atom. The molecule has 506 valence electrons. The zero-order valence-electron chi connectivity index (χ0n) is 56.9. The lowest BCUT2D eigenvalue weighted by Gasteiger charge is -2.46. The minimum absolute atomic E-state index is 0.112. The largest absolute Gasteiger partial charge is 0.392 e. The number of fused-ring (bicyclic) bond motifs is 6. The molecule has 23 heteroatoms. The molecule has 0 radical (unpaired) electrons. The highest BCUT2D eigenvalue weighted by Gasteiger charge is 2.40. The van der Waals surface area contributed by atoms with Crippen LogP contribution in [0.4, 0.5) is 46.0 Å². The molecule has 0 unspecified atom stereocenters. The van der Waals surface area contributed by atoms with Gasteiger partial charge in [0.15, 0.2) is 6.29 Å². The van der Waals surface area contributed by atoms with Crippen LogP contribution in [-0.4, -0.2) is 168 Å². The van der Waals surface area contributed by atoms with Gasteiger partial charge in [0, 0.05) is 150 Å². The Morgan fingerprint density at radius 3 is 1.64 bits per heavy atom. The predicted molar refractivity (Wildman–Crippen MR) is 376 cm³/mol. The minimum Gasteiger partial charge on any atom is -0.392 e. The number of nitrogens with one attached hydrogen (secondary N) is 2. The number of aldehydes is 1. The molecule has 4 fully saturated rings. The smallest absolute Gasteiger partial charge is 0.276 e. The van der Waals surface area contributed by atoms with Gasteiger partial charge in [0.25, 0.3) is 17.0 Å². The second kappa shape index (κ2) is 25.5. The fraction of sp³-hybridized carbons (Fsp3) is 0.459. The van der Waals surface area contributed by atoms with Gasteiger partial charge in [-0.1, -0.05) is 27.7 Å². The Labute approximate surface area is 565 Å². The summed E-state index contributed by atoms with van der Waals surface area (Å²) in [6, 6.07) is 21.4. The van der Waals surface area contributed by atoms with E-state index in [1.54, 1.807) is 54.4 Å². The fourth-order valence-electron chi connectivity index (χ4n) is 16.2. The van der Waals surface area contributed by atoms with Gasteiger partial charge < -0.3 is 58.2 Å². The molecule has 14 heterocycles. The van der Waals surface area contributed by atoms with E-state index in [1.165, 1.54) is 32.8 Å². The standard InChI is InChI=1S/C37H44N8O4.C37H44N8O3/c1-23-18-42(27-21-49-22-27)9-10-43(23)26-5-6-33(39-17-26)40-30-13-25(19-41(4)35(30)47)28-7-8-38-34(29(28)20-46)45-12-11-44-31(36(45)48)14-24-15-37(2,3)16-32(24)44;1-24-18-42(29-22-48-23-29)9-11-44(24)27-5-6-34(39-17-27)40-32-14-26(19-41(4)36(32)47)30-7-8-38-35(31(30)21-46)43-10-12-45-28(20-43)13-25-15-37(2,3)16-33(25)45/h5-8,13-14,17,19,23,27,46H,9-12,15-16,18,20-22H2,1-4H3,(H,39,40);5-8,13-14,17,19,21,24,29H,9-12,15-16,18,20,22-23H2,1-4H3,(H,39,40)/t23-;24-/m00/s1. The Morgan fingerprint density at radius 1 is 0.598 bits per heavy atom. The number of aliphatic hydroxyl groups is 1. The zero-order chi connectivity index (χ0) is 67.2. The van der Waals surface area contributed by atoms with Crippen LogP contribution in [0, 0.1) is 10.8 Å². The maximum Gasteiger partial charge on any atom is 0.276 e. The second-order valence-electron chi connectivity index (χ2n) is 29.5. The van der Waals surface area contributed by atoms with Crippen molar-refractivity contribution in [1.29, 1.82) is 0 Å². The fourth-order valence-corrected chi connectivity index (χ4v) is 16.2. The van der Waals surface area contributed by atoms with Gasteiger partial charge in [0.05, 0.1) is 81.0 Å². The number of rotatable bonds is 14. The van der Waals surface area contributed by atoms with E-state index in [0.717, 1.165) is 133 Å². The van der Waals surface area contributed by atoms with E-state index in [1.807, 2.05) is 54.9 Å². The number of aryl methyl sites for hydroxylation is 2. The normalized spacial score (nSPS) is 20.7. The van der Waals surface area contributed by atoms with Gasteiger partial charge in [0.2, 0.25) is 0 Å². The first-order chi connectivity index (χ1) is 46.8. The van der Waals surface area contributed by atoms with Crippen LogP contribution in [0.25, 0.3) is 22.3 Å². The first kappa shape index (κ1) is 64.0. The van der Waals surface area contributed by atoms with E-state index in [-0.39, 0.29) is 29.0 Å². The number of nitrogens with zero attached hydrogens (tertiary/aromatic N) is 14. The van der Waals surface area contributed by atoms with Gasteiger partial charge in [-0.25, -0.2) is 19.9 Å². The van der Waals surface area contributed by atoms with E-state index in [4.69, 9.17) is 14.5 Å². The second-order valence-corrected chi connectivity index (χ2v) is 29.5. The van der Waals surface area contributed by atoms with Crippen LogP contribution in [0.3, 0.4) is 0 Å². The molecule has 16 rings (SSSR count). The van der Waals surface area contributed by atoms with Gasteiger partial charge in [-0.2, -0.15) is 0 Å².